The summed E-state index contributed by atoms with van der Waals surface area (Å²) in [6, 6.07) is 18.2. The van der Waals surface area contributed by atoms with Gasteiger partial charge in [0.05, 0.1) is 6.04 Å². The van der Waals surface area contributed by atoms with E-state index in [0.29, 0.717) is 12.2 Å². The maximum Gasteiger partial charge on any atom is 0.313 e. The molecule has 0 aliphatic carbocycles. The van der Waals surface area contributed by atoms with Crippen molar-refractivity contribution in [2.24, 2.45) is 7.05 Å². The Bertz CT molecular complexity index is 1130. The van der Waals surface area contributed by atoms with E-state index in [-0.39, 0.29) is 6.04 Å². The van der Waals surface area contributed by atoms with Crippen LogP contribution in [0.4, 0.5) is 5.69 Å². The molecule has 1 aromatic heterocycles. The van der Waals surface area contributed by atoms with Crippen LogP contribution < -0.4 is 10.6 Å². The lowest BCUT2D eigenvalue weighted by Crippen LogP contribution is -2.44. The molecule has 2 amide bonds. The van der Waals surface area contributed by atoms with Gasteiger partial charge in [-0.1, -0.05) is 36.4 Å². The fourth-order valence-electron chi connectivity index (χ4n) is 4.36. The van der Waals surface area contributed by atoms with Crippen LogP contribution in [0.1, 0.15) is 34.0 Å². The summed E-state index contributed by atoms with van der Waals surface area (Å²) < 4.78 is 2.08. The van der Waals surface area contributed by atoms with Crippen LogP contribution >= 0.6 is 0 Å². The highest BCUT2D eigenvalue weighted by Gasteiger charge is 2.27. The average Bonchev–Trinajstić information content (AvgIpc) is 3.22. The number of benzene rings is 2. The minimum Gasteiger partial charge on any atom is -0.353 e. The number of carbonyl (C=O) groups is 2. The van der Waals surface area contributed by atoms with Crippen molar-refractivity contribution in [1.82, 2.24) is 14.8 Å². The summed E-state index contributed by atoms with van der Waals surface area (Å²) >= 11 is 0. The van der Waals surface area contributed by atoms with Crippen molar-refractivity contribution in [3.63, 3.8) is 0 Å². The SMILES string of the molecule is Cc1cccc(NC(=O)C(=O)NCC(c2cccn2C)N2CCc3ccccc3C2)c1C. The van der Waals surface area contributed by atoms with E-state index < -0.39 is 11.8 Å². The molecule has 0 saturated heterocycles. The first-order valence-electron chi connectivity index (χ1n) is 11.0. The molecule has 6 nitrogen and oxygen atoms in total. The molecule has 6 heteroatoms. The van der Waals surface area contributed by atoms with E-state index in [1.807, 2.05) is 51.4 Å². The predicted octanol–water partition coefficient (Wildman–Crippen LogP) is 3.50. The highest BCUT2D eigenvalue weighted by Crippen LogP contribution is 2.27. The zero-order chi connectivity index (χ0) is 22.7. The number of fused-ring (bicyclic) bond motifs is 1. The Morgan fingerprint density at radius 1 is 0.969 bits per heavy atom. The van der Waals surface area contributed by atoms with Crippen LogP contribution in [0.2, 0.25) is 0 Å². The summed E-state index contributed by atoms with van der Waals surface area (Å²) in [6.07, 6.45) is 2.98. The molecule has 2 heterocycles. The number of rotatable bonds is 5. The summed E-state index contributed by atoms with van der Waals surface area (Å²) in [5, 5.41) is 5.61. The third-order valence-electron chi connectivity index (χ3n) is 6.44. The summed E-state index contributed by atoms with van der Waals surface area (Å²) in [5.74, 6) is -1.27. The van der Waals surface area contributed by atoms with Gasteiger partial charge in [0.1, 0.15) is 0 Å². The van der Waals surface area contributed by atoms with Gasteiger partial charge in [-0.25, -0.2) is 0 Å². The van der Waals surface area contributed by atoms with Gasteiger partial charge in [-0.15, -0.1) is 0 Å². The van der Waals surface area contributed by atoms with E-state index in [1.54, 1.807) is 0 Å². The fourth-order valence-corrected chi connectivity index (χ4v) is 4.36. The molecule has 1 aliphatic rings. The number of hydrogen-bond acceptors (Lipinski definition) is 3. The quantitative estimate of drug-likeness (QED) is 0.609. The van der Waals surface area contributed by atoms with E-state index >= 15 is 0 Å². The topological polar surface area (TPSA) is 66.4 Å². The monoisotopic (exact) mass is 430 g/mol. The van der Waals surface area contributed by atoms with Gasteiger partial charge in [0.25, 0.3) is 0 Å². The van der Waals surface area contributed by atoms with Gasteiger partial charge in [0.15, 0.2) is 0 Å². The van der Waals surface area contributed by atoms with Gasteiger partial charge in [-0.05, 0) is 60.7 Å². The number of amides is 2. The highest BCUT2D eigenvalue weighted by molar-refractivity contribution is 6.39. The molecule has 4 rings (SSSR count). The van der Waals surface area contributed by atoms with Crippen molar-refractivity contribution in [2.75, 3.05) is 18.4 Å². The summed E-state index contributed by atoms with van der Waals surface area (Å²) in [7, 11) is 2.01. The third kappa shape index (κ3) is 4.60. The van der Waals surface area contributed by atoms with Crippen molar-refractivity contribution in [2.45, 2.75) is 32.9 Å². The molecule has 0 bridgehead atoms. The number of carbonyl (C=O) groups excluding carboxylic acids is 2. The molecule has 2 aromatic carbocycles. The molecule has 1 atom stereocenters. The summed E-state index contributed by atoms with van der Waals surface area (Å²) in [6.45, 7) is 5.99. The zero-order valence-corrected chi connectivity index (χ0v) is 18.9. The van der Waals surface area contributed by atoms with Crippen LogP contribution in [0.5, 0.6) is 0 Å². The molecule has 3 aromatic rings. The molecular weight excluding hydrogens is 400 g/mol. The average molecular weight is 431 g/mol. The normalized spacial score (nSPS) is 14.5. The maximum absolute atomic E-state index is 12.6. The van der Waals surface area contributed by atoms with Gasteiger partial charge in [-0.3, -0.25) is 14.5 Å². The van der Waals surface area contributed by atoms with Crippen molar-refractivity contribution >= 4 is 17.5 Å². The molecular formula is C26H30N4O2. The van der Waals surface area contributed by atoms with Crippen LogP contribution in [0, 0.1) is 13.8 Å². The maximum atomic E-state index is 12.6. The van der Waals surface area contributed by atoms with Crippen molar-refractivity contribution < 1.29 is 9.59 Å². The smallest absolute Gasteiger partial charge is 0.313 e. The predicted molar refractivity (Wildman–Crippen MR) is 126 cm³/mol. The number of aryl methyl sites for hydroxylation is 2. The highest BCUT2D eigenvalue weighted by atomic mass is 16.2. The van der Waals surface area contributed by atoms with Crippen LogP contribution in [0.15, 0.2) is 60.8 Å². The first-order valence-corrected chi connectivity index (χ1v) is 11.0. The van der Waals surface area contributed by atoms with Crippen LogP contribution in [-0.4, -0.2) is 34.4 Å². The Kier molecular flexibility index (Phi) is 6.42. The second-order valence-corrected chi connectivity index (χ2v) is 8.46. The molecule has 0 saturated carbocycles. The van der Waals surface area contributed by atoms with E-state index in [4.69, 9.17) is 0 Å². The molecule has 2 N–H and O–H groups in total. The first kappa shape index (κ1) is 21.8. The number of aromatic nitrogens is 1. The Balaban J connectivity index is 1.46. The molecule has 1 unspecified atom stereocenters. The molecule has 0 fully saturated rings. The molecule has 0 radical (unpaired) electrons. The summed E-state index contributed by atoms with van der Waals surface area (Å²) in [4.78, 5) is 27.6. The van der Waals surface area contributed by atoms with E-state index in [0.717, 1.165) is 36.3 Å². The lowest BCUT2D eigenvalue weighted by molar-refractivity contribution is -0.136. The van der Waals surface area contributed by atoms with Crippen molar-refractivity contribution in [1.29, 1.82) is 0 Å². The minimum atomic E-state index is -0.645. The number of nitrogens with one attached hydrogen (secondary N) is 2. The van der Waals surface area contributed by atoms with Gasteiger partial charge in [0.2, 0.25) is 0 Å². The van der Waals surface area contributed by atoms with Crippen LogP contribution in [-0.2, 0) is 29.6 Å². The lowest BCUT2D eigenvalue weighted by Gasteiger charge is -2.36. The number of nitrogens with zero attached hydrogens (tertiary/aromatic N) is 2. The second-order valence-electron chi connectivity index (χ2n) is 8.46. The Morgan fingerprint density at radius 3 is 2.50 bits per heavy atom. The largest absolute Gasteiger partial charge is 0.353 e. The van der Waals surface area contributed by atoms with E-state index in [1.165, 1.54) is 11.1 Å². The Labute approximate surface area is 189 Å². The van der Waals surface area contributed by atoms with Gasteiger partial charge >= 0.3 is 11.8 Å². The third-order valence-corrected chi connectivity index (χ3v) is 6.44. The van der Waals surface area contributed by atoms with Crippen molar-refractivity contribution in [3.8, 4) is 0 Å². The Hall–Kier alpha value is -3.38. The zero-order valence-electron chi connectivity index (χ0n) is 18.9. The molecule has 166 valence electrons. The number of anilines is 1. The van der Waals surface area contributed by atoms with Crippen LogP contribution in [0.3, 0.4) is 0 Å². The van der Waals surface area contributed by atoms with Gasteiger partial charge in [-0.2, -0.15) is 0 Å². The number of hydrogen-bond donors (Lipinski definition) is 2. The first-order chi connectivity index (χ1) is 15.4. The van der Waals surface area contributed by atoms with Gasteiger partial charge in [0, 0.05) is 44.3 Å². The molecule has 1 aliphatic heterocycles. The lowest BCUT2D eigenvalue weighted by atomic mass is 9.98. The van der Waals surface area contributed by atoms with Crippen molar-refractivity contribution in [3.05, 3.63) is 88.7 Å². The Morgan fingerprint density at radius 2 is 1.75 bits per heavy atom. The standard InChI is InChI=1S/C26H30N4O2/c1-18-8-6-11-22(19(18)2)28-26(32)25(31)27-16-24(23-12-7-14-29(23)3)30-15-13-20-9-4-5-10-21(20)17-30/h4-12,14,24H,13,15-17H2,1-3H3,(H,27,31)(H,28,32). The van der Waals surface area contributed by atoms with E-state index in [2.05, 4.69) is 50.4 Å². The van der Waals surface area contributed by atoms with E-state index in [9.17, 15) is 9.59 Å². The molecule has 0 spiro atoms. The summed E-state index contributed by atoms with van der Waals surface area (Å²) in [5.41, 5.74) is 6.50. The minimum absolute atomic E-state index is 0.0270. The van der Waals surface area contributed by atoms with Gasteiger partial charge < -0.3 is 15.2 Å². The fraction of sp³-hybridized carbons (Fsp3) is 0.308. The van der Waals surface area contributed by atoms with Crippen LogP contribution in [0.25, 0.3) is 0 Å². The molecule has 32 heavy (non-hydrogen) atoms. The second kappa shape index (κ2) is 9.40.